The van der Waals surface area contributed by atoms with Gasteiger partial charge in [-0.25, -0.2) is 4.39 Å². The van der Waals surface area contributed by atoms with Crippen LogP contribution in [0.2, 0.25) is 5.02 Å². The van der Waals surface area contributed by atoms with E-state index in [1.807, 2.05) is 12.1 Å². The van der Waals surface area contributed by atoms with E-state index in [4.69, 9.17) is 16.3 Å². The molecule has 1 saturated carbocycles. The molecule has 0 amide bonds. The molecular weight excluding hydrogens is 347 g/mol. The smallest absolute Gasteiger partial charge is 0.145 e. The first-order valence-electron chi connectivity index (χ1n) is 10.3. The summed E-state index contributed by atoms with van der Waals surface area (Å²) < 4.78 is 20.3. The molecule has 3 rings (SSSR count). The highest BCUT2D eigenvalue weighted by Crippen LogP contribution is 2.36. The summed E-state index contributed by atoms with van der Waals surface area (Å²) in [7, 11) is 0. The van der Waals surface area contributed by atoms with Crippen LogP contribution in [-0.4, -0.2) is 12.7 Å². The Balaban J connectivity index is 1.47. The Morgan fingerprint density at radius 2 is 1.85 bits per heavy atom. The largest absolute Gasteiger partial charge is 0.378 e. The summed E-state index contributed by atoms with van der Waals surface area (Å²) >= 11 is 6.22. The van der Waals surface area contributed by atoms with Crippen LogP contribution in [0.15, 0.2) is 18.2 Å². The molecule has 0 bridgehead atoms. The minimum Gasteiger partial charge on any atom is -0.378 e. The second kappa shape index (κ2) is 9.37. The SMILES string of the molecule is CCCC1CCC(COC2CC=C(c3ccc(C)c(F)c3Cl)CC2)CC1. The standard InChI is InChI=1S/C23H32ClFO/c1-3-4-17-6-8-18(9-7-17)15-26-20-12-10-19(11-13-20)21-14-5-16(2)23(25)22(21)24/h5,10,14,17-18,20H,3-4,6-9,11-13,15H2,1-2H3. The molecule has 0 aliphatic heterocycles. The molecule has 3 heteroatoms. The average Bonchev–Trinajstić information content (AvgIpc) is 2.67. The second-order valence-electron chi connectivity index (χ2n) is 8.19. The quantitative estimate of drug-likeness (QED) is 0.502. The summed E-state index contributed by atoms with van der Waals surface area (Å²) in [5, 5.41) is 0.263. The van der Waals surface area contributed by atoms with Crippen LogP contribution in [0, 0.1) is 24.6 Å². The maximum Gasteiger partial charge on any atom is 0.145 e. The third-order valence-corrected chi connectivity index (χ3v) is 6.58. The van der Waals surface area contributed by atoms with Crippen molar-refractivity contribution in [1.82, 2.24) is 0 Å². The van der Waals surface area contributed by atoms with Gasteiger partial charge in [0.2, 0.25) is 0 Å². The van der Waals surface area contributed by atoms with Crippen molar-refractivity contribution < 1.29 is 9.13 Å². The third-order valence-electron chi connectivity index (χ3n) is 6.22. The number of hydrogen-bond donors (Lipinski definition) is 0. The Morgan fingerprint density at radius 3 is 2.50 bits per heavy atom. The number of rotatable bonds is 6. The molecular formula is C23H32ClFO. The van der Waals surface area contributed by atoms with Crippen molar-refractivity contribution in [2.75, 3.05) is 6.61 Å². The van der Waals surface area contributed by atoms with E-state index in [0.29, 0.717) is 11.7 Å². The molecule has 2 aliphatic rings. The first kappa shape index (κ1) is 19.9. The number of allylic oxidation sites excluding steroid dienone is 1. The van der Waals surface area contributed by atoms with Crippen LogP contribution in [0.3, 0.4) is 0 Å². The highest BCUT2D eigenvalue weighted by atomic mass is 35.5. The lowest BCUT2D eigenvalue weighted by Crippen LogP contribution is -2.23. The monoisotopic (exact) mass is 378 g/mol. The van der Waals surface area contributed by atoms with Crippen LogP contribution < -0.4 is 0 Å². The summed E-state index contributed by atoms with van der Waals surface area (Å²) in [5.41, 5.74) is 2.61. The highest BCUT2D eigenvalue weighted by Gasteiger charge is 2.23. The molecule has 26 heavy (non-hydrogen) atoms. The number of ether oxygens (including phenoxy) is 1. The van der Waals surface area contributed by atoms with Gasteiger partial charge < -0.3 is 4.74 Å². The summed E-state index contributed by atoms with van der Waals surface area (Å²) in [6, 6.07) is 3.76. The molecule has 0 spiro atoms. The van der Waals surface area contributed by atoms with Crippen molar-refractivity contribution in [3.63, 3.8) is 0 Å². The lowest BCUT2D eigenvalue weighted by molar-refractivity contribution is 0.0131. The van der Waals surface area contributed by atoms with Crippen molar-refractivity contribution in [1.29, 1.82) is 0 Å². The maximum atomic E-state index is 14.0. The molecule has 1 nitrogen and oxygen atoms in total. The molecule has 1 aromatic carbocycles. The van der Waals surface area contributed by atoms with Gasteiger partial charge >= 0.3 is 0 Å². The van der Waals surface area contributed by atoms with Gasteiger partial charge in [-0.1, -0.05) is 62.4 Å². The number of hydrogen-bond acceptors (Lipinski definition) is 1. The normalized spacial score (nSPS) is 26.6. The van der Waals surface area contributed by atoms with E-state index in [0.717, 1.165) is 48.8 Å². The Morgan fingerprint density at radius 1 is 1.12 bits per heavy atom. The molecule has 1 aromatic rings. The lowest BCUT2D eigenvalue weighted by Gasteiger charge is -2.30. The zero-order valence-corrected chi connectivity index (χ0v) is 17.0. The Labute approximate surface area is 163 Å². The fourth-order valence-electron chi connectivity index (χ4n) is 4.47. The molecule has 1 atom stereocenters. The summed E-state index contributed by atoms with van der Waals surface area (Å²) in [5.74, 6) is 1.41. The zero-order valence-electron chi connectivity index (χ0n) is 16.2. The summed E-state index contributed by atoms with van der Waals surface area (Å²) in [4.78, 5) is 0. The molecule has 0 radical (unpaired) electrons. The van der Waals surface area contributed by atoms with Crippen LogP contribution in [0.25, 0.3) is 5.57 Å². The van der Waals surface area contributed by atoms with Crippen molar-refractivity contribution in [3.05, 3.63) is 40.2 Å². The minimum absolute atomic E-state index is 0.263. The van der Waals surface area contributed by atoms with E-state index in [1.54, 1.807) is 6.92 Å². The van der Waals surface area contributed by atoms with Crippen LogP contribution in [0.4, 0.5) is 4.39 Å². The maximum absolute atomic E-state index is 14.0. The summed E-state index contributed by atoms with van der Waals surface area (Å²) in [6.45, 7) is 4.95. The van der Waals surface area contributed by atoms with Gasteiger partial charge in [-0.15, -0.1) is 0 Å². The predicted molar refractivity (Wildman–Crippen MR) is 108 cm³/mol. The van der Waals surface area contributed by atoms with Gasteiger partial charge in [0.1, 0.15) is 5.82 Å². The van der Waals surface area contributed by atoms with Gasteiger partial charge in [0.05, 0.1) is 11.1 Å². The van der Waals surface area contributed by atoms with Crippen LogP contribution in [0.1, 0.15) is 75.8 Å². The van der Waals surface area contributed by atoms with Gasteiger partial charge in [-0.05, 0) is 67.6 Å². The molecule has 0 aromatic heterocycles. The van der Waals surface area contributed by atoms with Gasteiger partial charge in [-0.3, -0.25) is 0 Å². The molecule has 0 saturated heterocycles. The van der Waals surface area contributed by atoms with Crippen molar-refractivity contribution in [2.24, 2.45) is 11.8 Å². The molecule has 2 aliphatic carbocycles. The van der Waals surface area contributed by atoms with Crippen molar-refractivity contribution >= 4 is 17.2 Å². The Hall–Kier alpha value is -0.860. The fourth-order valence-corrected chi connectivity index (χ4v) is 4.80. The first-order valence-corrected chi connectivity index (χ1v) is 10.7. The molecule has 0 N–H and O–H groups in total. The van der Waals surface area contributed by atoms with E-state index in [1.165, 1.54) is 38.5 Å². The van der Waals surface area contributed by atoms with E-state index in [2.05, 4.69) is 13.0 Å². The van der Waals surface area contributed by atoms with Gasteiger partial charge in [0.25, 0.3) is 0 Å². The fraction of sp³-hybridized carbons (Fsp3) is 0.652. The number of aryl methyl sites for hydroxylation is 1. The minimum atomic E-state index is -0.290. The van der Waals surface area contributed by atoms with Crippen LogP contribution >= 0.6 is 11.6 Å². The van der Waals surface area contributed by atoms with Crippen molar-refractivity contribution in [2.45, 2.75) is 77.7 Å². The van der Waals surface area contributed by atoms with Crippen LogP contribution in [-0.2, 0) is 4.74 Å². The second-order valence-corrected chi connectivity index (χ2v) is 8.57. The topological polar surface area (TPSA) is 9.23 Å². The molecule has 1 unspecified atom stereocenters. The Bertz CT molecular complexity index is 631. The number of benzene rings is 1. The first-order chi connectivity index (χ1) is 12.6. The van der Waals surface area contributed by atoms with E-state index in [-0.39, 0.29) is 10.8 Å². The number of halogens is 2. The molecule has 0 heterocycles. The van der Waals surface area contributed by atoms with Crippen LogP contribution in [0.5, 0.6) is 0 Å². The van der Waals surface area contributed by atoms with E-state index >= 15 is 0 Å². The van der Waals surface area contributed by atoms with Gasteiger partial charge in [-0.2, -0.15) is 0 Å². The van der Waals surface area contributed by atoms with E-state index in [9.17, 15) is 4.39 Å². The van der Waals surface area contributed by atoms with Gasteiger partial charge in [0, 0.05) is 6.61 Å². The lowest BCUT2D eigenvalue weighted by atomic mass is 9.80. The van der Waals surface area contributed by atoms with Crippen molar-refractivity contribution in [3.8, 4) is 0 Å². The summed E-state index contributed by atoms with van der Waals surface area (Å²) in [6.07, 6.45) is 13.5. The Kier molecular flexibility index (Phi) is 7.17. The molecule has 1 fully saturated rings. The highest BCUT2D eigenvalue weighted by molar-refractivity contribution is 6.32. The zero-order chi connectivity index (χ0) is 18.5. The van der Waals surface area contributed by atoms with E-state index < -0.39 is 0 Å². The molecule has 144 valence electrons. The third kappa shape index (κ3) is 4.89. The van der Waals surface area contributed by atoms with Gasteiger partial charge in [0.15, 0.2) is 0 Å². The average molecular weight is 379 g/mol. The predicted octanol–water partition coefficient (Wildman–Crippen LogP) is 7.35.